The van der Waals surface area contributed by atoms with Gasteiger partial charge in [-0.25, -0.2) is 9.78 Å². The van der Waals surface area contributed by atoms with Crippen LogP contribution in [0.5, 0.6) is 0 Å². The maximum absolute atomic E-state index is 11.8. The fourth-order valence-electron chi connectivity index (χ4n) is 3.97. The van der Waals surface area contributed by atoms with Gasteiger partial charge in [0.05, 0.1) is 5.69 Å². The summed E-state index contributed by atoms with van der Waals surface area (Å²) in [4.78, 5) is 26.8. The number of hydrogen-bond acceptors (Lipinski definition) is 5. The van der Waals surface area contributed by atoms with Gasteiger partial charge in [0.2, 0.25) is 5.91 Å². The van der Waals surface area contributed by atoms with E-state index in [4.69, 9.17) is 9.84 Å². The number of rotatable bonds is 12. The predicted molar refractivity (Wildman–Crippen MR) is 140 cm³/mol. The second-order valence-corrected chi connectivity index (χ2v) is 9.30. The molecular weight excluding hydrogens is 474 g/mol. The van der Waals surface area contributed by atoms with Crippen LogP contribution in [-0.2, 0) is 25.5 Å². The summed E-state index contributed by atoms with van der Waals surface area (Å²) in [7, 11) is 0. The number of imidazole rings is 1. The molecule has 0 radical (unpaired) electrons. The smallest absolute Gasteiger partial charge is 0.329 e. The Kier molecular flexibility index (Phi) is 8.54. The number of nitrogens with one attached hydrogen (secondary N) is 1. The molecule has 4 aromatic rings. The van der Waals surface area contributed by atoms with Crippen LogP contribution in [0.4, 0.5) is 0 Å². The van der Waals surface area contributed by atoms with Crippen molar-refractivity contribution in [3.8, 4) is 0 Å². The lowest BCUT2D eigenvalue weighted by Gasteiger charge is -2.35. The van der Waals surface area contributed by atoms with Gasteiger partial charge >= 0.3 is 5.97 Å². The van der Waals surface area contributed by atoms with Crippen LogP contribution in [0.2, 0.25) is 0 Å². The standard InChI is InChI=1S/C28H27N3O4S/c32-26(19-35-20-27(33)34)29-17-16-25-18-31(21-30-25)36-28(22-10-4-1-5-11-22,23-12-6-2-7-13-23)24-14-8-3-9-15-24/h1-15,18,21H,16-17,19-20H2,(H,29,32)(H,33,34). The summed E-state index contributed by atoms with van der Waals surface area (Å²) in [5, 5.41) is 11.3. The highest BCUT2D eigenvalue weighted by Gasteiger charge is 2.38. The van der Waals surface area contributed by atoms with E-state index < -0.39 is 17.3 Å². The molecule has 0 aliphatic rings. The van der Waals surface area contributed by atoms with E-state index in [1.165, 1.54) is 0 Å². The summed E-state index contributed by atoms with van der Waals surface area (Å²) in [5.74, 6) is -1.47. The molecule has 1 amide bonds. The molecule has 8 heteroatoms. The summed E-state index contributed by atoms with van der Waals surface area (Å²) < 4.78 is 6.31. The van der Waals surface area contributed by atoms with Crippen molar-refractivity contribution in [2.75, 3.05) is 19.8 Å². The van der Waals surface area contributed by atoms with Gasteiger partial charge in [-0.3, -0.25) is 8.77 Å². The minimum Gasteiger partial charge on any atom is -0.480 e. The fraction of sp³-hybridized carbons (Fsp3) is 0.179. The molecule has 2 N–H and O–H groups in total. The topological polar surface area (TPSA) is 93.5 Å². The Morgan fingerprint density at radius 3 is 1.89 bits per heavy atom. The largest absolute Gasteiger partial charge is 0.480 e. The number of amides is 1. The number of carbonyl (C=O) groups excluding carboxylic acids is 1. The van der Waals surface area contributed by atoms with Crippen LogP contribution in [0, 0.1) is 0 Å². The predicted octanol–water partition coefficient (Wildman–Crippen LogP) is 4.13. The Bertz CT molecular complexity index is 1170. The summed E-state index contributed by atoms with van der Waals surface area (Å²) in [6.07, 6.45) is 4.30. The van der Waals surface area contributed by atoms with E-state index >= 15 is 0 Å². The van der Waals surface area contributed by atoms with Gasteiger partial charge in [-0.1, -0.05) is 91.0 Å². The van der Waals surface area contributed by atoms with Crippen LogP contribution in [0.3, 0.4) is 0 Å². The van der Waals surface area contributed by atoms with E-state index in [1.807, 2.05) is 28.4 Å². The Balaban J connectivity index is 1.55. The lowest BCUT2D eigenvalue weighted by molar-refractivity contribution is -0.143. The van der Waals surface area contributed by atoms with Crippen molar-refractivity contribution in [2.45, 2.75) is 11.2 Å². The maximum atomic E-state index is 11.8. The van der Waals surface area contributed by atoms with Gasteiger partial charge in [0.15, 0.2) is 0 Å². The average molecular weight is 502 g/mol. The summed E-state index contributed by atoms with van der Waals surface area (Å²) in [6, 6.07) is 31.3. The number of aliphatic carboxylic acids is 1. The normalized spacial score (nSPS) is 11.2. The van der Waals surface area contributed by atoms with Gasteiger partial charge in [-0.2, -0.15) is 0 Å². The van der Waals surface area contributed by atoms with Crippen molar-refractivity contribution >= 4 is 23.8 Å². The molecule has 1 aromatic heterocycles. The van der Waals surface area contributed by atoms with Crippen LogP contribution >= 0.6 is 11.9 Å². The Hall–Kier alpha value is -3.88. The highest BCUT2D eigenvalue weighted by molar-refractivity contribution is 7.99. The zero-order valence-corrected chi connectivity index (χ0v) is 20.4. The van der Waals surface area contributed by atoms with Gasteiger partial charge in [-0.05, 0) is 28.6 Å². The van der Waals surface area contributed by atoms with Crippen LogP contribution in [0.1, 0.15) is 22.4 Å². The third kappa shape index (κ3) is 6.21. The summed E-state index contributed by atoms with van der Waals surface area (Å²) in [6.45, 7) is -0.413. The lowest BCUT2D eigenvalue weighted by atomic mass is 9.84. The molecule has 0 saturated carbocycles. The first-order chi connectivity index (χ1) is 17.6. The summed E-state index contributed by atoms with van der Waals surface area (Å²) >= 11 is 1.66. The molecule has 0 bridgehead atoms. The second kappa shape index (κ2) is 12.2. The van der Waals surface area contributed by atoms with Gasteiger partial charge in [-0.15, -0.1) is 0 Å². The van der Waals surface area contributed by atoms with E-state index in [9.17, 15) is 9.59 Å². The Morgan fingerprint density at radius 2 is 1.39 bits per heavy atom. The van der Waals surface area contributed by atoms with Crippen LogP contribution in [-0.4, -0.2) is 45.7 Å². The van der Waals surface area contributed by atoms with Crippen molar-refractivity contribution < 1.29 is 19.4 Å². The van der Waals surface area contributed by atoms with Crippen LogP contribution in [0.15, 0.2) is 104 Å². The highest BCUT2D eigenvalue weighted by atomic mass is 32.2. The summed E-state index contributed by atoms with van der Waals surface area (Å²) in [5.41, 5.74) is 4.28. The van der Waals surface area contributed by atoms with Gasteiger partial charge in [0.1, 0.15) is 24.3 Å². The molecule has 36 heavy (non-hydrogen) atoms. The SMILES string of the molecule is O=C(O)COCC(=O)NCCc1cn(SC(c2ccccc2)(c2ccccc2)c2ccccc2)cn1. The van der Waals surface area contributed by atoms with E-state index in [0.717, 1.165) is 22.4 Å². The first-order valence-corrected chi connectivity index (χ1v) is 12.3. The highest BCUT2D eigenvalue weighted by Crippen LogP contribution is 2.48. The fourth-order valence-corrected chi connectivity index (χ4v) is 5.28. The molecule has 0 saturated heterocycles. The molecule has 1 heterocycles. The molecule has 4 rings (SSSR count). The molecule has 0 spiro atoms. The van der Waals surface area contributed by atoms with Crippen molar-refractivity contribution in [1.29, 1.82) is 0 Å². The zero-order chi connectivity index (χ0) is 25.2. The van der Waals surface area contributed by atoms with Crippen molar-refractivity contribution in [2.24, 2.45) is 0 Å². The quantitative estimate of drug-likeness (QED) is 0.284. The monoisotopic (exact) mass is 501 g/mol. The van der Waals surface area contributed by atoms with E-state index in [1.54, 1.807) is 18.3 Å². The minimum atomic E-state index is -1.11. The Morgan fingerprint density at radius 1 is 0.861 bits per heavy atom. The Labute approximate surface area is 214 Å². The van der Waals surface area contributed by atoms with Gasteiger partial charge in [0.25, 0.3) is 0 Å². The molecular formula is C28H27N3O4S. The zero-order valence-electron chi connectivity index (χ0n) is 19.6. The molecule has 0 fully saturated rings. The number of carboxylic acids is 1. The molecule has 3 aromatic carbocycles. The number of aromatic nitrogens is 2. The molecule has 0 aliphatic heterocycles. The number of carbonyl (C=O) groups is 2. The molecule has 7 nitrogen and oxygen atoms in total. The molecule has 0 aliphatic carbocycles. The van der Waals surface area contributed by atoms with Crippen LogP contribution in [0.25, 0.3) is 0 Å². The van der Waals surface area contributed by atoms with Crippen molar-refractivity contribution in [3.63, 3.8) is 0 Å². The molecule has 184 valence electrons. The van der Waals surface area contributed by atoms with Gasteiger partial charge in [0, 0.05) is 19.2 Å². The third-order valence-corrected chi connectivity index (χ3v) is 6.95. The first kappa shape index (κ1) is 25.2. The number of hydrogen-bond donors (Lipinski definition) is 2. The lowest BCUT2D eigenvalue weighted by Crippen LogP contribution is -2.30. The van der Waals surface area contributed by atoms with Crippen LogP contribution < -0.4 is 5.32 Å². The third-order valence-electron chi connectivity index (χ3n) is 5.56. The average Bonchev–Trinajstić information content (AvgIpc) is 3.35. The van der Waals surface area contributed by atoms with Crippen molar-refractivity contribution in [1.82, 2.24) is 14.3 Å². The maximum Gasteiger partial charge on any atom is 0.329 e. The van der Waals surface area contributed by atoms with Gasteiger partial charge < -0.3 is 15.2 Å². The molecule has 0 atom stereocenters. The number of nitrogens with zero attached hydrogens (tertiary/aromatic N) is 2. The van der Waals surface area contributed by atoms with E-state index in [-0.39, 0.29) is 12.5 Å². The number of carboxylic acid groups (broad SMARTS) is 1. The molecule has 0 unspecified atom stereocenters. The number of benzene rings is 3. The second-order valence-electron chi connectivity index (χ2n) is 8.08. The first-order valence-electron chi connectivity index (χ1n) is 11.5. The van der Waals surface area contributed by atoms with E-state index in [0.29, 0.717) is 13.0 Å². The van der Waals surface area contributed by atoms with E-state index in [2.05, 4.69) is 83.1 Å². The number of ether oxygens (including phenoxy) is 1. The van der Waals surface area contributed by atoms with Crippen molar-refractivity contribution in [3.05, 3.63) is 126 Å². The minimum absolute atomic E-state index is 0.287.